The highest BCUT2D eigenvalue weighted by Crippen LogP contribution is 2.40. The number of ketones is 1. The van der Waals surface area contributed by atoms with Gasteiger partial charge in [0.15, 0.2) is 5.78 Å². The maximum Gasteiger partial charge on any atom is 0.171 e. The number of Topliss-reactive ketones (excluding diaryl/α,β-unsaturated/α-hetero) is 1. The van der Waals surface area contributed by atoms with Crippen molar-refractivity contribution >= 4 is 5.78 Å². The maximum absolute atomic E-state index is 12.4. The van der Waals surface area contributed by atoms with Gasteiger partial charge in [-0.2, -0.15) is 0 Å². The Labute approximate surface area is 116 Å². The number of hydrogen-bond donors (Lipinski definition) is 1. The average Bonchev–Trinajstić information content (AvgIpc) is 2.76. The minimum Gasteiger partial charge on any atom is -0.396 e. The number of hydrogen-bond acceptors (Lipinski definition) is 4. The molecule has 2 fully saturated rings. The lowest BCUT2D eigenvalue weighted by Crippen LogP contribution is -2.40. The summed E-state index contributed by atoms with van der Waals surface area (Å²) in [4.78, 5) is 14.8. The van der Waals surface area contributed by atoms with Crippen LogP contribution in [0.4, 0.5) is 0 Å². The molecule has 2 heterocycles. The van der Waals surface area contributed by atoms with E-state index in [0.717, 1.165) is 32.5 Å². The molecule has 0 saturated carbocycles. The summed E-state index contributed by atoms with van der Waals surface area (Å²) in [5.74, 6) is 0.761. The van der Waals surface area contributed by atoms with Crippen molar-refractivity contribution in [1.82, 2.24) is 4.90 Å². The maximum atomic E-state index is 12.4. The van der Waals surface area contributed by atoms with Crippen molar-refractivity contribution in [2.45, 2.75) is 51.7 Å². The summed E-state index contributed by atoms with van der Waals surface area (Å²) in [6.45, 7) is 10.9. The molecular weight excluding hydrogens is 242 g/mol. The summed E-state index contributed by atoms with van der Waals surface area (Å²) < 4.78 is 5.93. The molecule has 2 atom stereocenters. The number of aliphatic hydroxyl groups is 1. The molecule has 2 saturated heterocycles. The quantitative estimate of drug-likeness (QED) is 0.839. The summed E-state index contributed by atoms with van der Waals surface area (Å²) in [6, 6.07) is 0. The Balaban J connectivity index is 1.98. The first kappa shape index (κ1) is 14.9. The SMILES string of the molecule is CC1(C)OC(C)(C)C(CN2CCC(CCO)C2)C1=O. The molecule has 1 N–H and O–H groups in total. The van der Waals surface area contributed by atoms with Crippen LogP contribution in [0.15, 0.2) is 0 Å². The second-order valence-corrected chi connectivity index (χ2v) is 7.06. The van der Waals surface area contributed by atoms with Crippen molar-refractivity contribution < 1.29 is 14.6 Å². The van der Waals surface area contributed by atoms with Gasteiger partial charge in [0, 0.05) is 19.7 Å². The molecule has 2 aliphatic heterocycles. The first-order valence-corrected chi connectivity index (χ1v) is 7.34. The standard InChI is InChI=1S/C15H27NO3/c1-14(2)12(13(18)15(3,4)19-14)10-16-7-5-11(9-16)6-8-17/h11-12,17H,5-10H2,1-4H3. The smallest absolute Gasteiger partial charge is 0.171 e. The third kappa shape index (κ3) is 3.01. The Morgan fingerprint density at radius 1 is 1.37 bits per heavy atom. The minimum atomic E-state index is -0.654. The Morgan fingerprint density at radius 2 is 2.05 bits per heavy atom. The fraction of sp³-hybridized carbons (Fsp3) is 0.933. The van der Waals surface area contributed by atoms with E-state index >= 15 is 0 Å². The molecule has 0 aromatic carbocycles. The predicted octanol–water partition coefficient (Wildman–Crippen LogP) is 1.46. The topological polar surface area (TPSA) is 49.8 Å². The van der Waals surface area contributed by atoms with Crippen LogP contribution in [0.25, 0.3) is 0 Å². The molecule has 0 spiro atoms. The second kappa shape index (κ2) is 5.15. The van der Waals surface area contributed by atoms with Gasteiger partial charge in [-0.05, 0) is 53.0 Å². The molecule has 19 heavy (non-hydrogen) atoms. The van der Waals surface area contributed by atoms with E-state index in [4.69, 9.17) is 9.84 Å². The van der Waals surface area contributed by atoms with E-state index < -0.39 is 5.60 Å². The molecule has 4 heteroatoms. The van der Waals surface area contributed by atoms with Gasteiger partial charge in [-0.15, -0.1) is 0 Å². The molecule has 0 aromatic rings. The molecule has 2 rings (SSSR count). The fourth-order valence-corrected chi connectivity index (χ4v) is 3.57. The van der Waals surface area contributed by atoms with Crippen LogP contribution in [0.3, 0.4) is 0 Å². The van der Waals surface area contributed by atoms with Crippen LogP contribution in [0.5, 0.6) is 0 Å². The molecular formula is C15H27NO3. The zero-order valence-electron chi connectivity index (χ0n) is 12.6. The van der Waals surface area contributed by atoms with Gasteiger partial charge >= 0.3 is 0 Å². The van der Waals surface area contributed by atoms with Gasteiger partial charge in [-0.25, -0.2) is 0 Å². The molecule has 0 aliphatic carbocycles. The molecule has 110 valence electrons. The number of rotatable bonds is 4. The normalized spacial score (nSPS) is 34.1. The Hall–Kier alpha value is -0.450. The zero-order chi connectivity index (χ0) is 14.3. The van der Waals surface area contributed by atoms with Gasteiger partial charge in [0.2, 0.25) is 0 Å². The summed E-state index contributed by atoms with van der Waals surface area (Å²) in [7, 11) is 0. The third-order valence-electron chi connectivity index (χ3n) is 4.62. The number of ether oxygens (including phenoxy) is 1. The molecule has 0 aromatic heterocycles. The van der Waals surface area contributed by atoms with Crippen molar-refractivity contribution in [2.24, 2.45) is 11.8 Å². The molecule has 4 nitrogen and oxygen atoms in total. The Kier molecular flexibility index (Phi) is 4.05. The van der Waals surface area contributed by atoms with Crippen LogP contribution in [0, 0.1) is 11.8 Å². The lowest BCUT2D eigenvalue weighted by atomic mass is 9.85. The van der Waals surface area contributed by atoms with Gasteiger partial charge in [0.25, 0.3) is 0 Å². The van der Waals surface area contributed by atoms with E-state index in [1.807, 2.05) is 27.7 Å². The molecule has 0 radical (unpaired) electrons. The van der Waals surface area contributed by atoms with Crippen LogP contribution in [-0.4, -0.2) is 53.2 Å². The number of aliphatic hydroxyl groups excluding tert-OH is 1. The Bertz CT molecular complexity index is 351. The predicted molar refractivity (Wildman–Crippen MR) is 74.0 cm³/mol. The summed E-state index contributed by atoms with van der Waals surface area (Å²) in [5.41, 5.74) is -1.03. The van der Waals surface area contributed by atoms with Gasteiger partial charge in [0.05, 0.1) is 11.5 Å². The first-order valence-electron chi connectivity index (χ1n) is 7.34. The van der Waals surface area contributed by atoms with Crippen molar-refractivity contribution in [3.63, 3.8) is 0 Å². The van der Waals surface area contributed by atoms with Gasteiger partial charge in [-0.1, -0.05) is 0 Å². The number of carbonyl (C=O) groups excluding carboxylic acids is 1. The highest BCUT2D eigenvalue weighted by atomic mass is 16.5. The van der Waals surface area contributed by atoms with Crippen molar-refractivity contribution in [1.29, 1.82) is 0 Å². The number of likely N-dealkylation sites (tertiary alicyclic amines) is 1. The van der Waals surface area contributed by atoms with Crippen LogP contribution in [-0.2, 0) is 9.53 Å². The lowest BCUT2D eigenvalue weighted by molar-refractivity contribution is -0.132. The van der Waals surface area contributed by atoms with Crippen LogP contribution in [0.1, 0.15) is 40.5 Å². The fourth-order valence-electron chi connectivity index (χ4n) is 3.57. The average molecular weight is 269 g/mol. The van der Waals surface area contributed by atoms with Crippen LogP contribution >= 0.6 is 0 Å². The van der Waals surface area contributed by atoms with E-state index in [-0.39, 0.29) is 23.9 Å². The molecule has 0 amide bonds. The van der Waals surface area contributed by atoms with Crippen molar-refractivity contribution in [3.05, 3.63) is 0 Å². The molecule has 0 bridgehead atoms. The van der Waals surface area contributed by atoms with E-state index in [0.29, 0.717) is 5.92 Å². The van der Waals surface area contributed by atoms with E-state index in [1.165, 1.54) is 0 Å². The Morgan fingerprint density at radius 3 is 2.58 bits per heavy atom. The first-order chi connectivity index (χ1) is 8.76. The zero-order valence-corrected chi connectivity index (χ0v) is 12.6. The second-order valence-electron chi connectivity index (χ2n) is 7.06. The van der Waals surface area contributed by atoms with Crippen LogP contribution in [0.2, 0.25) is 0 Å². The summed E-state index contributed by atoms with van der Waals surface area (Å²) >= 11 is 0. The van der Waals surface area contributed by atoms with Crippen molar-refractivity contribution in [3.8, 4) is 0 Å². The number of nitrogens with zero attached hydrogens (tertiary/aromatic N) is 1. The summed E-state index contributed by atoms with van der Waals surface area (Å²) in [5, 5.41) is 9.00. The highest BCUT2D eigenvalue weighted by Gasteiger charge is 2.53. The van der Waals surface area contributed by atoms with E-state index in [1.54, 1.807) is 0 Å². The van der Waals surface area contributed by atoms with Gasteiger partial charge in [-0.3, -0.25) is 4.79 Å². The highest BCUT2D eigenvalue weighted by molar-refractivity contribution is 5.91. The largest absolute Gasteiger partial charge is 0.396 e. The monoisotopic (exact) mass is 269 g/mol. The minimum absolute atomic E-state index is 0.0459. The van der Waals surface area contributed by atoms with Crippen LogP contribution < -0.4 is 0 Å². The van der Waals surface area contributed by atoms with E-state index in [2.05, 4.69) is 4.90 Å². The molecule has 2 aliphatic rings. The van der Waals surface area contributed by atoms with Crippen molar-refractivity contribution in [2.75, 3.05) is 26.2 Å². The lowest BCUT2D eigenvalue weighted by Gasteiger charge is -2.28. The van der Waals surface area contributed by atoms with E-state index in [9.17, 15) is 4.79 Å². The van der Waals surface area contributed by atoms with Gasteiger partial charge < -0.3 is 14.7 Å². The molecule has 2 unspecified atom stereocenters. The number of carbonyl (C=O) groups is 1. The van der Waals surface area contributed by atoms with Gasteiger partial charge in [0.1, 0.15) is 5.60 Å². The summed E-state index contributed by atoms with van der Waals surface area (Å²) in [6.07, 6.45) is 2.01. The third-order valence-corrected chi connectivity index (χ3v) is 4.62.